The molecular formula is C15H12Br2ClNO2. The number of hydrogen-bond donors (Lipinski definition) is 1. The molecule has 0 saturated heterocycles. The molecule has 0 aliphatic heterocycles. The lowest BCUT2D eigenvalue weighted by atomic mass is 10.1. The molecule has 0 saturated carbocycles. The van der Waals surface area contributed by atoms with Gasteiger partial charge in [0.1, 0.15) is 6.61 Å². The zero-order valence-electron chi connectivity index (χ0n) is 11.1. The molecule has 0 spiro atoms. The smallest absolute Gasteiger partial charge is 0.163 e. The molecule has 2 N–H and O–H groups in total. The molecule has 0 radical (unpaired) electrons. The van der Waals surface area contributed by atoms with Gasteiger partial charge in [0.25, 0.3) is 0 Å². The first-order valence-electron chi connectivity index (χ1n) is 6.05. The van der Waals surface area contributed by atoms with Gasteiger partial charge in [0.2, 0.25) is 0 Å². The molecule has 0 atom stereocenters. The van der Waals surface area contributed by atoms with Gasteiger partial charge in [0, 0.05) is 19.5 Å². The summed E-state index contributed by atoms with van der Waals surface area (Å²) < 4.78 is 7.35. The third-order valence-electron chi connectivity index (χ3n) is 2.85. The van der Waals surface area contributed by atoms with Crippen molar-refractivity contribution < 1.29 is 9.53 Å². The van der Waals surface area contributed by atoms with Crippen molar-refractivity contribution in [2.45, 2.75) is 13.5 Å². The predicted octanol–water partition coefficient (Wildman–Crippen LogP) is 5.23. The van der Waals surface area contributed by atoms with Crippen LogP contribution >= 0.6 is 43.5 Å². The van der Waals surface area contributed by atoms with Gasteiger partial charge in [-0.25, -0.2) is 0 Å². The van der Waals surface area contributed by atoms with Crippen molar-refractivity contribution in [3.63, 3.8) is 0 Å². The molecular weight excluding hydrogens is 421 g/mol. The third-order valence-corrected chi connectivity index (χ3v) is 4.15. The summed E-state index contributed by atoms with van der Waals surface area (Å²) in [6, 6.07) is 8.91. The lowest BCUT2D eigenvalue weighted by Gasteiger charge is -2.14. The Labute approximate surface area is 144 Å². The van der Waals surface area contributed by atoms with E-state index in [0.717, 1.165) is 14.5 Å². The highest BCUT2D eigenvalue weighted by Crippen LogP contribution is 2.32. The minimum absolute atomic E-state index is 0.111. The lowest BCUT2D eigenvalue weighted by molar-refractivity contribution is 0.101. The first kappa shape index (κ1) is 16.3. The van der Waals surface area contributed by atoms with E-state index in [0.29, 0.717) is 22.0 Å². The van der Waals surface area contributed by atoms with Crippen LogP contribution in [0.25, 0.3) is 0 Å². The summed E-state index contributed by atoms with van der Waals surface area (Å²) in [5, 5.41) is 0.587. The zero-order valence-corrected chi connectivity index (χ0v) is 15.0. The van der Waals surface area contributed by atoms with Crippen LogP contribution in [0.3, 0.4) is 0 Å². The van der Waals surface area contributed by atoms with E-state index in [1.54, 1.807) is 18.2 Å². The summed E-state index contributed by atoms with van der Waals surface area (Å²) in [5.41, 5.74) is 7.60. The van der Waals surface area contributed by atoms with E-state index in [2.05, 4.69) is 31.9 Å². The highest BCUT2D eigenvalue weighted by Gasteiger charge is 2.14. The maximum absolute atomic E-state index is 11.7. The van der Waals surface area contributed by atoms with Gasteiger partial charge in [-0.05, 0) is 31.2 Å². The summed E-state index contributed by atoms with van der Waals surface area (Å²) >= 11 is 12.8. The number of carbonyl (C=O) groups excluding carboxylic acids is 1. The predicted molar refractivity (Wildman–Crippen MR) is 92.0 cm³/mol. The van der Waals surface area contributed by atoms with Crippen molar-refractivity contribution in [2.75, 3.05) is 5.73 Å². The topological polar surface area (TPSA) is 52.3 Å². The normalized spacial score (nSPS) is 10.5. The number of ether oxygens (including phenoxy) is 1. The first-order chi connectivity index (χ1) is 9.88. The highest BCUT2D eigenvalue weighted by atomic mass is 79.9. The van der Waals surface area contributed by atoms with Crippen LogP contribution in [0.4, 0.5) is 5.69 Å². The van der Waals surface area contributed by atoms with Gasteiger partial charge < -0.3 is 10.5 Å². The molecule has 0 unspecified atom stereocenters. The number of Topliss-reactive ketones (excluding diaryl/α,β-unsaturated/α-hetero) is 1. The fourth-order valence-corrected chi connectivity index (χ4v) is 3.03. The second-order valence-corrected chi connectivity index (χ2v) is 6.69. The average molecular weight is 434 g/mol. The van der Waals surface area contributed by atoms with Crippen molar-refractivity contribution in [2.24, 2.45) is 0 Å². The Morgan fingerprint density at radius 1 is 1.24 bits per heavy atom. The molecule has 2 aromatic carbocycles. The van der Waals surface area contributed by atoms with Crippen molar-refractivity contribution in [3.05, 3.63) is 55.4 Å². The number of rotatable bonds is 4. The number of nitrogen functional groups attached to an aromatic ring is 1. The SMILES string of the molecule is CC(=O)c1cc(Br)cc(N)c1OCc1ccc(Br)cc1Cl. The van der Waals surface area contributed by atoms with Crippen LogP contribution in [0, 0.1) is 0 Å². The summed E-state index contributed by atoms with van der Waals surface area (Å²) in [6.45, 7) is 1.71. The maximum atomic E-state index is 11.7. The van der Waals surface area contributed by atoms with E-state index in [1.165, 1.54) is 6.92 Å². The van der Waals surface area contributed by atoms with Crippen LogP contribution in [-0.4, -0.2) is 5.78 Å². The van der Waals surface area contributed by atoms with E-state index in [9.17, 15) is 4.79 Å². The van der Waals surface area contributed by atoms with Gasteiger partial charge in [0.15, 0.2) is 11.5 Å². The standard InChI is InChI=1S/C15H12Br2ClNO2/c1-8(20)12-4-11(17)6-14(19)15(12)21-7-9-2-3-10(16)5-13(9)18/h2-6H,7,19H2,1H3. The summed E-state index contributed by atoms with van der Waals surface area (Å²) in [4.78, 5) is 11.7. The van der Waals surface area contributed by atoms with Crippen LogP contribution in [0.2, 0.25) is 5.02 Å². The first-order valence-corrected chi connectivity index (χ1v) is 8.01. The second-order valence-electron chi connectivity index (χ2n) is 4.45. The molecule has 0 bridgehead atoms. The number of nitrogens with two attached hydrogens (primary N) is 1. The van der Waals surface area contributed by atoms with Crippen molar-refractivity contribution in [1.82, 2.24) is 0 Å². The second kappa shape index (κ2) is 6.81. The number of hydrogen-bond acceptors (Lipinski definition) is 3. The molecule has 0 amide bonds. The number of benzene rings is 2. The molecule has 2 rings (SSSR count). The summed E-state index contributed by atoms with van der Waals surface area (Å²) in [7, 11) is 0. The van der Waals surface area contributed by atoms with Crippen LogP contribution < -0.4 is 10.5 Å². The maximum Gasteiger partial charge on any atom is 0.163 e. The van der Waals surface area contributed by atoms with Crippen LogP contribution in [-0.2, 0) is 6.61 Å². The molecule has 6 heteroatoms. The minimum Gasteiger partial charge on any atom is -0.486 e. The van der Waals surface area contributed by atoms with E-state index in [1.807, 2.05) is 12.1 Å². The van der Waals surface area contributed by atoms with Gasteiger partial charge in [-0.1, -0.05) is 49.5 Å². The highest BCUT2D eigenvalue weighted by molar-refractivity contribution is 9.10. The Morgan fingerprint density at radius 2 is 1.95 bits per heavy atom. The van der Waals surface area contributed by atoms with Crippen LogP contribution in [0.15, 0.2) is 39.3 Å². The van der Waals surface area contributed by atoms with Gasteiger partial charge >= 0.3 is 0 Å². The Morgan fingerprint density at radius 3 is 2.57 bits per heavy atom. The molecule has 3 nitrogen and oxygen atoms in total. The molecule has 0 aliphatic rings. The van der Waals surface area contributed by atoms with Gasteiger partial charge in [0.05, 0.1) is 11.3 Å². The Balaban J connectivity index is 2.29. The summed E-state index contributed by atoms with van der Waals surface area (Å²) in [5.74, 6) is 0.268. The van der Waals surface area contributed by atoms with Crippen molar-refractivity contribution >= 4 is 54.9 Å². The Hall–Kier alpha value is -1.04. The number of carbonyl (C=O) groups is 1. The quantitative estimate of drug-likeness (QED) is 0.531. The van der Waals surface area contributed by atoms with E-state index in [-0.39, 0.29) is 12.4 Å². The van der Waals surface area contributed by atoms with Gasteiger partial charge in [-0.15, -0.1) is 0 Å². The molecule has 110 valence electrons. The average Bonchev–Trinajstić information content (AvgIpc) is 2.38. The Kier molecular flexibility index (Phi) is 5.30. The molecule has 2 aromatic rings. The molecule has 0 aliphatic carbocycles. The third kappa shape index (κ3) is 3.99. The van der Waals surface area contributed by atoms with Crippen molar-refractivity contribution in [3.8, 4) is 5.75 Å². The van der Waals surface area contributed by atoms with Crippen molar-refractivity contribution in [1.29, 1.82) is 0 Å². The molecule has 0 heterocycles. The van der Waals surface area contributed by atoms with E-state index in [4.69, 9.17) is 22.1 Å². The fourth-order valence-electron chi connectivity index (χ4n) is 1.83. The summed E-state index contributed by atoms with van der Waals surface area (Å²) in [6.07, 6.45) is 0. The van der Waals surface area contributed by atoms with Crippen LogP contribution in [0.1, 0.15) is 22.8 Å². The minimum atomic E-state index is -0.111. The largest absolute Gasteiger partial charge is 0.486 e. The zero-order chi connectivity index (χ0) is 15.6. The monoisotopic (exact) mass is 431 g/mol. The Bertz CT molecular complexity index is 704. The van der Waals surface area contributed by atoms with Gasteiger partial charge in [-0.3, -0.25) is 4.79 Å². The molecule has 21 heavy (non-hydrogen) atoms. The number of ketones is 1. The van der Waals surface area contributed by atoms with Crippen LogP contribution in [0.5, 0.6) is 5.75 Å². The fraction of sp³-hybridized carbons (Fsp3) is 0.133. The number of halogens is 3. The number of anilines is 1. The molecule has 0 fully saturated rings. The lowest BCUT2D eigenvalue weighted by Crippen LogP contribution is -2.05. The van der Waals surface area contributed by atoms with E-state index < -0.39 is 0 Å². The molecule has 0 aromatic heterocycles. The van der Waals surface area contributed by atoms with E-state index >= 15 is 0 Å². The van der Waals surface area contributed by atoms with Gasteiger partial charge in [-0.2, -0.15) is 0 Å².